The highest BCUT2D eigenvalue weighted by atomic mass is 32.2. The molecule has 0 unspecified atom stereocenters. The minimum absolute atomic E-state index is 0.226. The molecule has 2 rings (SSSR count). The van der Waals surface area contributed by atoms with Crippen LogP contribution in [0, 0.1) is 0 Å². The van der Waals surface area contributed by atoms with Gasteiger partial charge in [0.25, 0.3) is 10.0 Å². The molecular weight excluding hydrogens is 272 g/mol. The van der Waals surface area contributed by atoms with Gasteiger partial charge >= 0.3 is 0 Å². The Morgan fingerprint density at radius 1 is 1.56 bits per heavy atom. The van der Waals surface area contributed by atoms with E-state index >= 15 is 0 Å². The van der Waals surface area contributed by atoms with Gasteiger partial charge < -0.3 is 10.3 Å². The third-order valence-electron chi connectivity index (χ3n) is 2.55. The van der Waals surface area contributed by atoms with E-state index in [9.17, 15) is 8.42 Å². The average molecular weight is 286 g/mol. The number of nitrogen functional groups attached to an aromatic ring is 1. The fourth-order valence-electron chi connectivity index (χ4n) is 1.45. The summed E-state index contributed by atoms with van der Waals surface area (Å²) >= 11 is 1.12. The van der Waals surface area contributed by atoms with Gasteiger partial charge in [-0.05, 0) is 6.07 Å². The SMILES string of the molecule is CN(Cc1nccn1C)S(=O)(=O)c1cc(N)cs1. The van der Waals surface area contributed by atoms with E-state index < -0.39 is 10.0 Å². The van der Waals surface area contributed by atoms with Crippen LogP contribution >= 0.6 is 11.3 Å². The van der Waals surface area contributed by atoms with E-state index in [0.29, 0.717) is 11.5 Å². The Labute approximate surface area is 110 Å². The summed E-state index contributed by atoms with van der Waals surface area (Å²) in [5, 5.41) is 1.61. The molecule has 0 radical (unpaired) electrons. The molecule has 8 heteroatoms. The van der Waals surface area contributed by atoms with E-state index in [0.717, 1.165) is 11.3 Å². The predicted molar refractivity (Wildman–Crippen MR) is 70.6 cm³/mol. The summed E-state index contributed by atoms with van der Waals surface area (Å²) in [6.45, 7) is 0.226. The van der Waals surface area contributed by atoms with Crippen molar-refractivity contribution in [2.75, 3.05) is 12.8 Å². The molecule has 2 aromatic heterocycles. The first-order valence-corrected chi connectivity index (χ1v) is 7.50. The number of hydrogen-bond donors (Lipinski definition) is 1. The Morgan fingerprint density at radius 3 is 2.78 bits per heavy atom. The summed E-state index contributed by atoms with van der Waals surface area (Å²) in [5.41, 5.74) is 6.01. The molecule has 0 atom stereocenters. The van der Waals surface area contributed by atoms with Crippen LogP contribution in [-0.4, -0.2) is 29.3 Å². The number of rotatable bonds is 4. The highest BCUT2D eigenvalue weighted by molar-refractivity contribution is 7.91. The van der Waals surface area contributed by atoms with Crippen LogP contribution in [0.4, 0.5) is 5.69 Å². The minimum atomic E-state index is -3.49. The average Bonchev–Trinajstić information content (AvgIpc) is 2.89. The lowest BCUT2D eigenvalue weighted by molar-refractivity contribution is 0.453. The first-order chi connectivity index (χ1) is 8.41. The molecule has 18 heavy (non-hydrogen) atoms. The second kappa shape index (κ2) is 4.71. The second-order valence-electron chi connectivity index (χ2n) is 3.91. The summed E-state index contributed by atoms with van der Waals surface area (Å²) in [7, 11) is -0.139. The molecule has 6 nitrogen and oxygen atoms in total. The van der Waals surface area contributed by atoms with Gasteiger partial charge in [0.2, 0.25) is 0 Å². The van der Waals surface area contributed by atoms with E-state index in [1.807, 2.05) is 7.05 Å². The van der Waals surface area contributed by atoms with Crippen LogP contribution in [0.25, 0.3) is 0 Å². The zero-order chi connectivity index (χ0) is 13.3. The number of hydrogen-bond acceptors (Lipinski definition) is 5. The summed E-state index contributed by atoms with van der Waals surface area (Å²) in [6, 6.07) is 1.47. The molecule has 2 aromatic rings. The van der Waals surface area contributed by atoms with Crippen molar-refractivity contribution in [1.29, 1.82) is 0 Å². The third-order valence-corrected chi connectivity index (χ3v) is 5.78. The molecule has 0 saturated carbocycles. The van der Waals surface area contributed by atoms with Crippen molar-refractivity contribution >= 4 is 27.0 Å². The number of nitrogens with zero attached hydrogens (tertiary/aromatic N) is 3. The van der Waals surface area contributed by atoms with E-state index in [4.69, 9.17) is 5.73 Å². The van der Waals surface area contributed by atoms with E-state index in [2.05, 4.69) is 4.98 Å². The number of aryl methyl sites for hydroxylation is 1. The van der Waals surface area contributed by atoms with Crippen LogP contribution in [0.15, 0.2) is 28.0 Å². The lowest BCUT2D eigenvalue weighted by Crippen LogP contribution is -2.27. The van der Waals surface area contributed by atoms with Gasteiger partial charge in [0.15, 0.2) is 0 Å². The fourth-order valence-corrected chi connectivity index (χ4v) is 3.87. The molecule has 0 saturated heterocycles. The van der Waals surface area contributed by atoms with Gasteiger partial charge in [-0.1, -0.05) is 0 Å². The van der Waals surface area contributed by atoms with Crippen molar-refractivity contribution in [2.24, 2.45) is 7.05 Å². The van der Waals surface area contributed by atoms with Gasteiger partial charge in [0, 0.05) is 37.6 Å². The Kier molecular flexibility index (Phi) is 3.42. The fraction of sp³-hybridized carbons (Fsp3) is 0.300. The van der Waals surface area contributed by atoms with Gasteiger partial charge in [-0.15, -0.1) is 11.3 Å². The normalized spacial score (nSPS) is 12.2. The first kappa shape index (κ1) is 13.1. The standard InChI is InChI=1S/C10H14N4O2S2/c1-13-4-3-12-9(13)6-14(2)18(15,16)10-5-8(11)7-17-10/h3-5,7H,6,11H2,1-2H3. The number of anilines is 1. The van der Waals surface area contributed by atoms with Crippen molar-refractivity contribution in [3.8, 4) is 0 Å². The summed E-state index contributed by atoms with van der Waals surface area (Å²) in [6.07, 6.45) is 3.41. The summed E-state index contributed by atoms with van der Waals surface area (Å²) in [5.74, 6) is 0.686. The molecular formula is C10H14N4O2S2. The summed E-state index contributed by atoms with van der Waals surface area (Å²) < 4.78 is 27.8. The van der Waals surface area contributed by atoms with Crippen LogP contribution in [-0.2, 0) is 23.6 Å². The molecule has 0 amide bonds. The van der Waals surface area contributed by atoms with E-state index in [1.54, 1.807) is 22.3 Å². The Balaban J connectivity index is 2.23. The maximum Gasteiger partial charge on any atom is 0.252 e. The van der Waals surface area contributed by atoms with Gasteiger partial charge in [-0.25, -0.2) is 13.4 Å². The molecule has 0 fully saturated rings. The number of aromatic nitrogens is 2. The number of thiophene rings is 1. The van der Waals surface area contributed by atoms with Crippen LogP contribution in [0.2, 0.25) is 0 Å². The predicted octanol–water partition coefficient (Wildman–Crippen LogP) is 0.884. The molecule has 2 heterocycles. The molecule has 98 valence electrons. The Morgan fingerprint density at radius 2 is 2.28 bits per heavy atom. The van der Waals surface area contributed by atoms with E-state index in [-0.39, 0.29) is 10.8 Å². The van der Waals surface area contributed by atoms with Gasteiger partial charge in [-0.2, -0.15) is 4.31 Å². The maximum absolute atomic E-state index is 12.2. The zero-order valence-corrected chi connectivity index (χ0v) is 11.7. The molecule has 0 aliphatic heterocycles. The number of imidazole rings is 1. The third kappa shape index (κ3) is 2.40. The summed E-state index contributed by atoms with van der Waals surface area (Å²) in [4.78, 5) is 4.10. The molecule has 2 N–H and O–H groups in total. The van der Waals surface area contributed by atoms with Crippen molar-refractivity contribution in [2.45, 2.75) is 10.8 Å². The quantitative estimate of drug-likeness (QED) is 0.905. The molecule has 0 spiro atoms. The number of nitrogens with two attached hydrogens (primary N) is 1. The lowest BCUT2D eigenvalue weighted by Gasteiger charge is -2.15. The molecule has 0 aromatic carbocycles. The molecule has 0 aliphatic carbocycles. The van der Waals surface area contributed by atoms with Crippen molar-refractivity contribution < 1.29 is 8.42 Å². The van der Waals surface area contributed by atoms with Gasteiger partial charge in [-0.3, -0.25) is 0 Å². The lowest BCUT2D eigenvalue weighted by atomic mass is 10.6. The highest BCUT2D eigenvalue weighted by Gasteiger charge is 2.23. The number of sulfonamides is 1. The minimum Gasteiger partial charge on any atom is -0.398 e. The topological polar surface area (TPSA) is 81.2 Å². The highest BCUT2D eigenvalue weighted by Crippen LogP contribution is 2.25. The monoisotopic (exact) mass is 286 g/mol. The van der Waals surface area contributed by atoms with Crippen molar-refractivity contribution in [1.82, 2.24) is 13.9 Å². The smallest absolute Gasteiger partial charge is 0.252 e. The maximum atomic E-state index is 12.2. The van der Waals surface area contributed by atoms with Crippen molar-refractivity contribution in [3.63, 3.8) is 0 Å². The van der Waals surface area contributed by atoms with Crippen LogP contribution in [0.1, 0.15) is 5.82 Å². The second-order valence-corrected chi connectivity index (χ2v) is 7.10. The van der Waals surface area contributed by atoms with Crippen LogP contribution in [0.3, 0.4) is 0 Å². The van der Waals surface area contributed by atoms with Gasteiger partial charge in [0.05, 0.1) is 6.54 Å². The zero-order valence-electron chi connectivity index (χ0n) is 10.1. The van der Waals surface area contributed by atoms with Crippen LogP contribution in [0.5, 0.6) is 0 Å². The van der Waals surface area contributed by atoms with Crippen molar-refractivity contribution in [3.05, 3.63) is 29.7 Å². The molecule has 0 aliphatic rings. The van der Waals surface area contributed by atoms with Crippen LogP contribution < -0.4 is 5.73 Å². The van der Waals surface area contributed by atoms with E-state index in [1.165, 1.54) is 17.4 Å². The molecule has 0 bridgehead atoms. The Hall–Kier alpha value is -1.38. The first-order valence-electron chi connectivity index (χ1n) is 5.18. The largest absolute Gasteiger partial charge is 0.398 e. The van der Waals surface area contributed by atoms with Gasteiger partial charge in [0.1, 0.15) is 10.0 Å². The Bertz CT molecular complexity index is 644.